The van der Waals surface area contributed by atoms with E-state index in [0.29, 0.717) is 22.7 Å². The van der Waals surface area contributed by atoms with Crippen molar-refractivity contribution in [2.45, 2.75) is 52.0 Å². The van der Waals surface area contributed by atoms with Gasteiger partial charge in [-0.3, -0.25) is 4.79 Å². The van der Waals surface area contributed by atoms with E-state index in [-0.39, 0.29) is 11.9 Å². The van der Waals surface area contributed by atoms with Gasteiger partial charge in [-0.15, -0.1) is 0 Å². The van der Waals surface area contributed by atoms with E-state index in [1.165, 1.54) is 12.5 Å². The van der Waals surface area contributed by atoms with Gasteiger partial charge in [-0.1, -0.05) is 26.2 Å². The number of carbonyl (C=O) groups is 1. The van der Waals surface area contributed by atoms with E-state index in [1.54, 1.807) is 13.0 Å². The van der Waals surface area contributed by atoms with Gasteiger partial charge in [0.1, 0.15) is 5.82 Å². The van der Waals surface area contributed by atoms with E-state index in [9.17, 15) is 9.18 Å². The van der Waals surface area contributed by atoms with Crippen molar-refractivity contribution >= 4 is 11.6 Å². The zero-order valence-corrected chi connectivity index (χ0v) is 12.2. The summed E-state index contributed by atoms with van der Waals surface area (Å²) in [6.07, 6.45) is 5.57. The average Bonchev–Trinajstić information content (AvgIpc) is 2.44. The predicted octanol–water partition coefficient (Wildman–Crippen LogP) is 3.41. The van der Waals surface area contributed by atoms with Crippen LogP contribution < -0.4 is 11.1 Å². The van der Waals surface area contributed by atoms with Gasteiger partial charge < -0.3 is 11.1 Å². The summed E-state index contributed by atoms with van der Waals surface area (Å²) in [6, 6.07) is 3.02. The van der Waals surface area contributed by atoms with E-state index in [2.05, 4.69) is 12.2 Å². The first-order valence-corrected chi connectivity index (χ1v) is 7.37. The van der Waals surface area contributed by atoms with Gasteiger partial charge in [0, 0.05) is 22.9 Å². The quantitative estimate of drug-likeness (QED) is 0.832. The Bertz CT molecular complexity index is 478. The van der Waals surface area contributed by atoms with Crippen molar-refractivity contribution in [1.29, 1.82) is 0 Å². The molecule has 3 nitrogen and oxygen atoms in total. The number of nitrogens with two attached hydrogens (primary N) is 1. The molecule has 4 heteroatoms. The molecule has 2 atom stereocenters. The molecule has 1 aromatic carbocycles. The molecule has 20 heavy (non-hydrogen) atoms. The van der Waals surface area contributed by atoms with Gasteiger partial charge in [0.15, 0.2) is 0 Å². The minimum absolute atomic E-state index is 0.201. The number of nitrogen functional groups attached to an aromatic ring is 1. The van der Waals surface area contributed by atoms with Gasteiger partial charge >= 0.3 is 0 Å². The zero-order chi connectivity index (χ0) is 14.7. The third-order valence-electron chi connectivity index (χ3n) is 4.34. The Balaban J connectivity index is 2.05. The van der Waals surface area contributed by atoms with Crippen molar-refractivity contribution in [3.63, 3.8) is 0 Å². The fourth-order valence-corrected chi connectivity index (χ4v) is 2.89. The summed E-state index contributed by atoms with van der Waals surface area (Å²) in [5.74, 6) is 0.0384. The Morgan fingerprint density at radius 3 is 2.85 bits per heavy atom. The van der Waals surface area contributed by atoms with Gasteiger partial charge in [0.25, 0.3) is 5.91 Å². The second-order valence-electron chi connectivity index (χ2n) is 5.78. The highest BCUT2D eigenvalue weighted by atomic mass is 19.1. The molecule has 0 radical (unpaired) electrons. The SMILES string of the molecule is CCC1CCCC(NC(=O)c2cc(N)c(C)c(F)c2)C1. The van der Waals surface area contributed by atoms with Crippen LogP contribution in [0.2, 0.25) is 0 Å². The minimum Gasteiger partial charge on any atom is -0.398 e. The maximum atomic E-state index is 13.6. The van der Waals surface area contributed by atoms with Crippen LogP contribution in [0.15, 0.2) is 12.1 Å². The number of carbonyl (C=O) groups excluding carboxylic acids is 1. The van der Waals surface area contributed by atoms with E-state index >= 15 is 0 Å². The molecule has 0 spiro atoms. The lowest BCUT2D eigenvalue weighted by Crippen LogP contribution is -2.38. The van der Waals surface area contributed by atoms with Crippen molar-refractivity contribution in [1.82, 2.24) is 5.32 Å². The number of hydrogen-bond acceptors (Lipinski definition) is 2. The van der Waals surface area contributed by atoms with Gasteiger partial charge in [-0.2, -0.15) is 0 Å². The molecular formula is C16H23FN2O. The molecule has 2 rings (SSSR count). The third kappa shape index (κ3) is 3.30. The molecule has 1 saturated carbocycles. The molecule has 1 fully saturated rings. The van der Waals surface area contributed by atoms with Crippen molar-refractivity contribution in [2.75, 3.05) is 5.73 Å². The van der Waals surface area contributed by atoms with Crippen molar-refractivity contribution < 1.29 is 9.18 Å². The first kappa shape index (κ1) is 14.8. The van der Waals surface area contributed by atoms with Crippen LogP contribution in [0.4, 0.5) is 10.1 Å². The number of benzene rings is 1. The smallest absolute Gasteiger partial charge is 0.251 e. The first-order valence-electron chi connectivity index (χ1n) is 7.37. The van der Waals surface area contributed by atoms with Crippen LogP contribution in [0, 0.1) is 18.7 Å². The largest absolute Gasteiger partial charge is 0.398 e. The van der Waals surface area contributed by atoms with Gasteiger partial charge in [-0.25, -0.2) is 4.39 Å². The molecule has 0 bridgehead atoms. The minimum atomic E-state index is -0.426. The molecule has 0 saturated heterocycles. The Hall–Kier alpha value is -1.58. The van der Waals surface area contributed by atoms with Crippen LogP contribution in [0.3, 0.4) is 0 Å². The van der Waals surface area contributed by atoms with Crippen LogP contribution in [-0.4, -0.2) is 11.9 Å². The summed E-state index contributed by atoms with van der Waals surface area (Å²) in [4.78, 5) is 12.2. The summed E-state index contributed by atoms with van der Waals surface area (Å²) in [7, 11) is 0. The second-order valence-corrected chi connectivity index (χ2v) is 5.78. The fraction of sp³-hybridized carbons (Fsp3) is 0.562. The number of hydrogen-bond donors (Lipinski definition) is 2. The van der Waals surface area contributed by atoms with Crippen LogP contribution in [0.1, 0.15) is 54.9 Å². The van der Waals surface area contributed by atoms with Crippen molar-refractivity contribution in [3.05, 3.63) is 29.1 Å². The topological polar surface area (TPSA) is 55.1 Å². The highest BCUT2D eigenvalue weighted by molar-refractivity contribution is 5.95. The molecule has 1 aromatic rings. The summed E-state index contributed by atoms with van der Waals surface area (Å²) in [5.41, 5.74) is 6.74. The van der Waals surface area contributed by atoms with Gasteiger partial charge in [0.2, 0.25) is 0 Å². The van der Waals surface area contributed by atoms with Crippen LogP contribution in [0.5, 0.6) is 0 Å². The first-order chi connectivity index (χ1) is 9.51. The maximum absolute atomic E-state index is 13.6. The summed E-state index contributed by atoms with van der Waals surface area (Å²) in [6.45, 7) is 3.80. The van der Waals surface area contributed by atoms with E-state index < -0.39 is 5.82 Å². The van der Waals surface area contributed by atoms with Gasteiger partial charge in [0.05, 0.1) is 0 Å². The van der Waals surface area contributed by atoms with Crippen LogP contribution in [-0.2, 0) is 0 Å². The monoisotopic (exact) mass is 278 g/mol. The number of nitrogens with one attached hydrogen (secondary N) is 1. The highest BCUT2D eigenvalue weighted by Crippen LogP contribution is 2.27. The standard InChI is InChI=1S/C16H23FN2O/c1-3-11-5-4-6-13(7-11)19-16(20)12-8-14(17)10(2)15(18)9-12/h8-9,11,13H,3-7,18H2,1-2H3,(H,19,20). The molecule has 110 valence electrons. The van der Waals surface area contributed by atoms with Crippen LogP contribution in [0.25, 0.3) is 0 Å². The zero-order valence-electron chi connectivity index (χ0n) is 12.2. The Morgan fingerprint density at radius 2 is 2.20 bits per heavy atom. The summed E-state index contributed by atoms with van der Waals surface area (Å²) in [5, 5.41) is 3.01. The lowest BCUT2D eigenvalue weighted by atomic mass is 9.84. The number of amides is 1. The van der Waals surface area contributed by atoms with Crippen molar-refractivity contribution in [2.24, 2.45) is 5.92 Å². The summed E-state index contributed by atoms with van der Waals surface area (Å²) >= 11 is 0. The van der Waals surface area contributed by atoms with E-state index in [4.69, 9.17) is 5.73 Å². The lowest BCUT2D eigenvalue weighted by molar-refractivity contribution is 0.0918. The maximum Gasteiger partial charge on any atom is 0.251 e. The fourth-order valence-electron chi connectivity index (χ4n) is 2.89. The Labute approximate surface area is 119 Å². The number of halogens is 1. The molecule has 2 unspecified atom stereocenters. The lowest BCUT2D eigenvalue weighted by Gasteiger charge is -2.29. The highest BCUT2D eigenvalue weighted by Gasteiger charge is 2.23. The second kappa shape index (κ2) is 6.25. The van der Waals surface area contributed by atoms with Gasteiger partial charge in [-0.05, 0) is 37.8 Å². The molecule has 0 aliphatic heterocycles. The van der Waals surface area contributed by atoms with Crippen LogP contribution >= 0.6 is 0 Å². The molecule has 0 aromatic heterocycles. The molecular weight excluding hydrogens is 255 g/mol. The molecule has 3 N–H and O–H groups in total. The predicted molar refractivity (Wildman–Crippen MR) is 79.1 cm³/mol. The molecule has 1 aliphatic rings. The summed E-state index contributed by atoms with van der Waals surface area (Å²) < 4.78 is 13.6. The Kier molecular flexibility index (Phi) is 4.63. The Morgan fingerprint density at radius 1 is 1.45 bits per heavy atom. The van der Waals surface area contributed by atoms with E-state index in [0.717, 1.165) is 25.7 Å². The normalized spacial score (nSPS) is 22.6. The molecule has 1 amide bonds. The number of anilines is 1. The molecule has 0 heterocycles. The van der Waals surface area contributed by atoms with E-state index in [1.807, 2.05) is 0 Å². The average molecular weight is 278 g/mol. The molecule has 1 aliphatic carbocycles. The van der Waals surface area contributed by atoms with Crippen molar-refractivity contribution in [3.8, 4) is 0 Å². The number of rotatable bonds is 3. The third-order valence-corrected chi connectivity index (χ3v) is 4.34.